The summed E-state index contributed by atoms with van der Waals surface area (Å²) < 4.78 is 77.5. The molecule has 14 nitrogen and oxygen atoms in total. The van der Waals surface area contributed by atoms with Crippen LogP contribution in [0.2, 0.25) is 0 Å². The molecule has 28 heteroatoms. The van der Waals surface area contributed by atoms with Gasteiger partial charge in [-0.05, 0) is 201 Å². The van der Waals surface area contributed by atoms with Gasteiger partial charge in [-0.25, -0.2) is 37.3 Å². The number of Topliss-reactive ketones (excluding diaryl/α,β-unsaturated/α-hetero) is 4. The van der Waals surface area contributed by atoms with Crippen LogP contribution in [-0.2, 0) is 166 Å². The molecule has 644 valence electrons. The molecule has 0 aliphatic carbocycles. The van der Waals surface area contributed by atoms with Gasteiger partial charge < -0.3 is 68.5 Å². The molecule has 0 heterocycles. The molecule has 12 aromatic carbocycles. The van der Waals surface area contributed by atoms with E-state index in [1.165, 1.54) is 91.3 Å². The zero-order valence-corrected chi connectivity index (χ0v) is 83.1. The average molecular weight is 2350 g/mol. The first-order valence-electron chi connectivity index (χ1n) is 36.3. The summed E-state index contributed by atoms with van der Waals surface area (Å²) in [5.41, 5.74) is -0.0741. The normalized spacial score (nSPS) is 9.83. The Balaban J connectivity index is 0. The molecule has 0 spiro atoms. The van der Waals surface area contributed by atoms with E-state index >= 15 is 0 Å². The molecular weight excluding hydrogens is 2260 g/mol. The van der Waals surface area contributed by atoms with Crippen molar-refractivity contribution in [3.63, 3.8) is 0 Å². The Labute approximate surface area is 799 Å². The fourth-order valence-electron chi connectivity index (χ4n) is 10.7. The van der Waals surface area contributed by atoms with E-state index in [1.807, 2.05) is 27.7 Å². The van der Waals surface area contributed by atoms with Gasteiger partial charge in [-0.2, -0.15) is 0 Å². The van der Waals surface area contributed by atoms with E-state index in [9.17, 15) is 19.2 Å². The van der Waals surface area contributed by atoms with Crippen LogP contribution in [0, 0.1) is 20.5 Å². The minimum Gasteiger partial charge on any atom is -0.807 e. The average Bonchev–Trinajstić information content (AvgIpc) is 0.836. The monoisotopic (exact) mass is 2350 g/mol. The Morgan fingerprint density at radius 2 is 0.317 bits per heavy atom. The van der Waals surface area contributed by atoms with E-state index in [-0.39, 0.29) is 130 Å². The van der Waals surface area contributed by atoms with Crippen molar-refractivity contribution < 1.29 is 173 Å². The van der Waals surface area contributed by atoms with Crippen LogP contribution in [0.4, 0.5) is 0 Å². The molecule has 0 saturated carbocycles. The second-order valence-corrected chi connectivity index (χ2v) is 37.4. The van der Waals surface area contributed by atoms with Gasteiger partial charge >= 0.3 is 86.9 Å². The molecule has 0 aliphatic rings. The number of ketones is 4. The smallest absolute Gasteiger partial charge is 0.807 e. The first-order chi connectivity index (χ1) is 55.6. The van der Waals surface area contributed by atoms with Crippen molar-refractivity contribution >= 4 is 169 Å². The molecule has 0 fully saturated rings. The third-order valence-corrected chi connectivity index (χ3v) is 27.1. The third-order valence-electron chi connectivity index (χ3n) is 15.4. The first kappa shape index (κ1) is 116. The maximum absolute atomic E-state index is 10.6. The Hall–Kier alpha value is -5.56. The standard InChI is InChI=1S/4C18H15P.2C6H8O2S2.2C4H10O.2Ag.2ClHO4.2Pt/c4*1-4-10-16(11-5-1)19(17-12-6-2-7-13-17)18-14-8-3-9-15-18;2*1-3(7)5(4(2)8)6(9)10;2*1-3-5-4-2;;;2*2-1(3,4)5;;/h4*1-15H;2*9-10H,1-2H3;2*3-4H2,1-2H3;;;2*(H,2,3,4,5);;/q;;;;;;;;2*+1;;;2*+2/p-2. The predicted octanol–water partition coefficient (Wildman–Crippen LogP) is 6.21. The Bertz CT molecular complexity index is 3750. The summed E-state index contributed by atoms with van der Waals surface area (Å²) in [4.78, 5) is 42.5. The van der Waals surface area contributed by atoms with Gasteiger partial charge in [-0.3, -0.25) is 19.2 Å². The fourth-order valence-corrected chi connectivity index (χ4v) is 22.2. The largest absolute Gasteiger partial charge is 2.00 e. The molecular formula is C92H96Ag2Cl2O14P4Pt2S4+4. The summed E-state index contributed by atoms with van der Waals surface area (Å²) in [5.74, 6) is -1.42. The van der Waals surface area contributed by atoms with Crippen molar-refractivity contribution in [3.05, 3.63) is 384 Å². The second-order valence-electron chi connectivity index (χ2n) is 23.8. The minimum absolute atomic E-state index is 0. The Morgan fingerprint density at radius 1 is 0.233 bits per heavy atom. The fraction of sp³-hybridized carbons (Fsp3) is 0.130. The number of allylic oxidation sites excluding steroid dienone is 2. The van der Waals surface area contributed by atoms with Gasteiger partial charge in [0.1, 0.15) is 63.7 Å². The van der Waals surface area contributed by atoms with E-state index in [1.54, 1.807) is 0 Å². The molecule has 12 aromatic rings. The van der Waals surface area contributed by atoms with Gasteiger partial charge in [-0.15, -0.1) is 20.5 Å². The number of rotatable bonds is 20. The SMILES string of the molecule is CC(=O)C(C(C)=O)=C([S-])[S-].CC(=O)C(C(C)=O)=C([S-])[S-].CCOCC.CCOCC.[Ag+].[Ag+].[O-][Cl+3]([O-])([O-])[O-].[O-][Cl+3]([O-])([O-])[O-].[Pt+2].[Pt+2].c1ccc([PH+](c2ccccc2)c2ccccc2)cc1.c1ccc([PH+](c2ccccc2)c2ccccc2)cc1.c1ccc([PH+](c2ccccc2)c2ccccc2)cc1.c1ccc([PH+](c2ccccc2)c2ccccc2)cc1. The molecule has 0 amide bonds. The number of benzene rings is 12. The van der Waals surface area contributed by atoms with Gasteiger partial charge in [-0.1, -0.05) is 218 Å². The molecule has 0 aromatic heterocycles. The maximum atomic E-state index is 10.6. The summed E-state index contributed by atoms with van der Waals surface area (Å²) in [5, 5.41) is 17.2. The van der Waals surface area contributed by atoms with Crippen LogP contribution in [-0.4, -0.2) is 49.6 Å². The first-order valence-corrected chi connectivity index (χ1v) is 46.4. The molecule has 0 atom stereocenters. The summed E-state index contributed by atoms with van der Waals surface area (Å²) >= 11 is 18.0. The predicted molar refractivity (Wildman–Crippen MR) is 477 cm³/mol. The molecule has 12 rings (SSSR count). The third kappa shape index (κ3) is 50.4. The van der Waals surface area contributed by atoms with Crippen LogP contribution < -0.4 is 101 Å². The summed E-state index contributed by atoms with van der Waals surface area (Å²) in [6, 6.07) is 130. The van der Waals surface area contributed by atoms with Gasteiger partial charge in [0.2, 0.25) is 0 Å². The van der Waals surface area contributed by atoms with Gasteiger partial charge in [0.25, 0.3) is 0 Å². The summed E-state index contributed by atoms with van der Waals surface area (Å²) in [6.45, 7) is 16.4. The van der Waals surface area contributed by atoms with E-state index < -0.39 is 52.2 Å². The Kier molecular flexibility index (Phi) is 66.7. The van der Waals surface area contributed by atoms with Crippen molar-refractivity contribution in [1.29, 1.82) is 0 Å². The second kappa shape index (κ2) is 68.7. The van der Waals surface area contributed by atoms with E-state index in [4.69, 9.17) is 46.7 Å². The quantitative estimate of drug-likeness (QED) is 0.0205. The van der Waals surface area contributed by atoms with Gasteiger partial charge in [0.15, 0.2) is 23.1 Å². The van der Waals surface area contributed by atoms with Crippen molar-refractivity contribution in [2.45, 2.75) is 55.4 Å². The molecule has 0 N–H and O–H groups in total. The Morgan fingerprint density at radius 3 is 0.358 bits per heavy atom. The van der Waals surface area contributed by atoms with Gasteiger partial charge in [0, 0.05) is 37.6 Å². The number of ether oxygens (including phenoxy) is 2. The number of carbonyl (C=O) groups is 4. The summed E-state index contributed by atoms with van der Waals surface area (Å²) in [7, 11) is -13.4. The van der Waals surface area contributed by atoms with Crippen LogP contribution in [0.15, 0.2) is 384 Å². The number of carbonyl (C=O) groups excluding carboxylic acids is 4. The topological polar surface area (TPSA) is 271 Å². The maximum Gasteiger partial charge on any atom is 2.00 e. The molecule has 120 heavy (non-hydrogen) atoms. The summed E-state index contributed by atoms with van der Waals surface area (Å²) in [6.07, 6.45) is 0. The van der Waals surface area contributed by atoms with E-state index in [0.29, 0.717) is 0 Å². The molecule has 0 radical (unpaired) electrons. The van der Waals surface area contributed by atoms with Crippen LogP contribution in [0.5, 0.6) is 0 Å². The number of hydrogen-bond acceptors (Lipinski definition) is 18. The van der Waals surface area contributed by atoms with Crippen molar-refractivity contribution in [2.24, 2.45) is 0 Å². The number of halogens is 2. The van der Waals surface area contributed by atoms with Crippen molar-refractivity contribution in [3.8, 4) is 0 Å². The van der Waals surface area contributed by atoms with Crippen LogP contribution in [0.3, 0.4) is 0 Å². The minimum atomic E-state index is -4.94. The molecule has 0 unspecified atom stereocenters. The zero-order valence-electron chi connectivity index (χ0n) is 66.8. The van der Waals surface area contributed by atoms with Crippen LogP contribution in [0.1, 0.15) is 55.4 Å². The molecule has 0 aliphatic heterocycles. The van der Waals surface area contributed by atoms with Gasteiger partial charge in [0.05, 0.1) is 31.7 Å². The molecule has 0 bridgehead atoms. The van der Waals surface area contributed by atoms with E-state index in [0.717, 1.165) is 26.4 Å². The van der Waals surface area contributed by atoms with Crippen molar-refractivity contribution in [1.82, 2.24) is 0 Å². The van der Waals surface area contributed by atoms with E-state index in [2.05, 4.69) is 414 Å². The zero-order chi connectivity index (χ0) is 85.5. The molecule has 0 saturated heterocycles. The van der Waals surface area contributed by atoms with Crippen molar-refractivity contribution in [2.75, 3.05) is 26.4 Å². The van der Waals surface area contributed by atoms with Crippen LogP contribution >= 0.6 is 31.7 Å². The van der Waals surface area contributed by atoms with Crippen LogP contribution in [0.25, 0.3) is 0 Å². The number of hydrogen-bond donors (Lipinski definition) is 0.